The van der Waals surface area contributed by atoms with Gasteiger partial charge in [-0.05, 0) is 19.8 Å². The zero-order valence-electron chi connectivity index (χ0n) is 13.3. The Hall–Kier alpha value is -1.20. The minimum atomic E-state index is 0.119. The van der Waals surface area contributed by atoms with Crippen molar-refractivity contribution < 1.29 is 0 Å². The molecule has 0 aromatic carbocycles. The molecule has 2 aromatic rings. The second kappa shape index (κ2) is 5.54. The van der Waals surface area contributed by atoms with Crippen LogP contribution in [0.4, 0.5) is 0 Å². The second-order valence-electron chi connectivity index (χ2n) is 6.97. The summed E-state index contributed by atoms with van der Waals surface area (Å²) in [6, 6.07) is 0.737. The Morgan fingerprint density at radius 2 is 2.14 bits per heavy atom. The van der Waals surface area contributed by atoms with Gasteiger partial charge in [0.1, 0.15) is 5.01 Å². The van der Waals surface area contributed by atoms with Gasteiger partial charge < -0.3 is 5.32 Å². The Labute approximate surface area is 130 Å². The Balaban J connectivity index is 1.66. The number of aromatic nitrogens is 3. The summed E-state index contributed by atoms with van der Waals surface area (Å²) in [4.78, 5) is 4.74. The molecule has 0 saturated heterocycles. The Bertz CT molecular complexity index is 617. The van der Waals surface area contributed by atoms with Crippen molar-refractivity contribution in [3.05, 3.63) is 33.5 Å². The summed E-state index contributed by atoms with van der Waals surface area (Å²) in [6.45, 7) is 10.4. The molecule has 2 aromatic heterocycles. The molecule has 0 aliphatic heterocycles. The smallest absolute Gasteiger partial charge is 0.114 e. The van der Waals surface area contributed by atoms with Crippen LogP contribution in [-0.2, 0) is 18.5 Å². The lowest BCUT2D eigenvalue weighted by Gasteiger charge is -2.14. The molecule has 0 bridgehead atoms. The Morgan fingerprint density at radius 1 is 1.38 bits per heavy atom. The third-order valence-electron chi connectivity index (χ3n) is 3.82. The minimum absolute atomic E-state index is 0.119. The van der Waals surface area contributed by atoms with Crippen LogP contribution < -0.4 is 5.32 Å². The molecule has 1 N–H and O–H groups in total. The quantitative estimate of drug-likeness (QED) is 0.922. The predicted octanol–water partition coefficient (Wildman–Crippen LogP) is 3.25. The molecule has 0 spiro atoms. The van der Waals surface area contributed by atoms with Crippen LogP contribution in [0.5, 0.6) is 0 Å². The van der Waals surface area contributed by atoms with Gasteiger partial charge in [0.2, 0.25) is 0 Å². The van der Waals surface area contributed by atoms with E-state index in [1.807, 2.05) is 4.68 Å². The predicted molar refractivity (Wildman–Crippen MR) is 86.7 cm³/mol. The topological polar surface area (TPSA) is 42.7 Å². The number of hydrogen-bond acceptors (Lipinski definition) is 4. The van der Waals surface area contributed by atoms with E-state index in [-0.39, 0.29) is 5.41 Å². The molecule has 0 amide bonds. The maximum absolute atomic E-state index is 4.74. The Kier molecular flexibility index (Phi) is 3.88. The van der Waals surface area contributed by atoms with Crippen LogP contribution in [0.2, 0.25) is 0 Å². The molecule has 1 aliphatic rings. The lowest BCUT2D eigenvalue weighted by Crippen LogP contribution is -2.15. The van der Waals surface area contributed by atoms with E-state index in [0.29, 0.717) is 0 Å². The first-order valence-electron chi connectivity index (χ1n) is 7.63. The van der Waals surface area contributed by atoms with Crippen LogP contribution >= 0.6 is 11.3 Å². The molecule has 1 aliphatic carbocycles. The van der Waals surface area contributed by atoms with E-state index in [1.54, 1.807) is 11.3 Å². The van der Waals surface area contributed by atoms with E-state index in [9.17, 15) is 0 Å². The fraction of sp³-hybridized carbons (Fsp3) is 0.625. The fourth-order valence-electron chi connectivity index (χ4n) is 2.22. The number of thiazole rings is 1. The molecule has 4 nitrogen and oxygen atoms in total. The molecule has 1 fully saturated rings. The highest BCUT2D eigenvalue weighted by atomic mass is 32.1. The molecule has 0 atom stereocenters. The number of aryl methyl sites for hydroxylation is 1. The van der Waals surface area contributed by atoms with Gasteiger partial charge >= 0.3 is 0 Å². The van der Waals surface area contributed by atoms with Gasteiger partial charge in [-0.15, -0.1) is 11.3 Å². The van der Waals surface area contributed by atoms with Gasteiger partial charge in [-0.1, -0.05) is 20.8 Å². The monoisotopic (exact) mass is 304 g/mol. The lowest BCUT2D eigenvalue weighted by molar-refractivity contribution is 0.567. The number of nitrogens with one attached hydrogen (secondary N) is 1. The first-order valence-corrected chi connectivity index (χ1v) is 8.51. The first kappa shape index (κ1) is 14.7. The summed E-state index contributed by atoms with van der Waals surface area (Å²) in [5.74, 6) is 0. The maximum atomic E-state index is 4.74. The maximum Gasteiger partial charge on any atom is 0.114 e. The highest BCUT2D eigenvalue weighted by Gasteiger charge is 2.21. The van der Waals surface area contributed by atoms with Crippen molar-refractivity contribution in [2.45, 2.75) is 65.1 Å². The largest absolute Gasteiger partial charge is 0.310 e. The van der Waals surface area contributed by atoms with Gasteiger partial charge in [0.25, 0.3) is 0 Å². The van der Waals surface area contributed by atoms with E-state index >= 15 is 0 Å². The van der Waals surface area contributed by atoms with Crippen molar-refractivity contribution in [1.29, 1.82) is 0 Å². The average Bonchev–Trinajstić information content (AvgIpc) is 2.98. The van der Waals surface area contributed by atoms with E-state index in [4.69, 9.17) is 4.98 Å². The highest BCUT2D eigenvalue weighted by Crippen LogP contribution is 2.24. The molecule has 0 unspecified atom stereocenters. The van der Waals surface area contributed by atoms with Gasteiger partial charge in [0.05, 0.1) is 17.9 Å². The third-order valence-corrected chi connectivity index (χ3v) is 4.66. The van der Waals surface area contributed by atoms with E-state index in [1.165, 1.54) is 24.1 Å². The molecule has 1 saturated carbocycles. The SMILES string of the molecule is Cc1nn(Cc2nc(C(C)(C)C)cs2)cc1CNC1CC1. The van der Waals surface area contributed by atoms with E-state index in [0.717, 1.165) is 29.8 Å². The number of rotatable bonds is 5. The van der Waals surface area contributed by atoms with Crippen molar-refractivity contribution in [2.24, 2.45) is 0 Å². The molecule has 2 heterocycles. The summed E-state index contributed by atoms with van der Waals surface area (Å²) in [7, 11) is 0. The van der Waals surface area contributed by atoms with Crippen molar-refractivity contribution in [1.82, 2.24) is 20.1 Å². The standard InChI is InChI=1S/C16H24N4S/c1-11-12(7-17-13-5-6-13)8-20(19-11)9-15-18-14(10-21-15)16(2,3)4/h8,10,13,17H,5-7,9H2,1-4H3. The Morgan fingerprint density at radius 3 is 2.76 bits per heavy atom. The fourth-order valence-corrected chi connectivity index (χ4v) is 3.23. The molecular weight excluding hydrogens is 280 g/mol. The number of nitrogens with zero attached hydrogens (tertiary/aromatic N) is 3. The van der Waals surface area contributed by atoms with Crippen molar-refractivity contribution in [2.75, 3.05) is 0 Å². The molecule has 3 rings (SSSR count). The zero-order valence-corrected chi connectivity index (χ0v) is 14.1. The summed E-state index contributed by atoms with van der Waals surface area (Å²) in [6.07, 6.45) is 4.80. The van der Waals surface area contributed by atoms with E-state index in [2.05, 4.69) is 49.7 Å². The van der Waals surface area contributed by atoms with Crippen LogP contribution in [-0.4, -0.2) is 20.8 Å². The lowest BCUT2D eigenvalue weighted by atomic mass is 9.93. The minimum Gasteiger partial charge on any atom is -0.310 e. The van der Waals surface area contributed by atoms with Gasteiger partial charge in [-0.2, -0.15) is 5.10 Å². The molecule has 21 heavy (non-hydrogen) atoms. The van der Waals surface area contributed by atoms with Crippen LogP contribution in [0.1, 0.15) is 55.6 Å². The zero-order chi connectivity index (χ0) is 15.0. The van der Waals surface area contributed by atoms with Gasteiger partial charge in [-0.25, -0.2) is 4.98 Å². The summed E-state index contributed by atoms with van der Waals surface area (Å²) >= 11 is 1.73. The molecular formula is C16H24N4S. The summed E-state index contributed by atoms with van der Waals surface area (Å²) < 4.78 is 2.02. The molecule has 5 heteroatoms. The average molecular weight is 304 g/mol. The van der Waals surface area contributed by atoms with Crippen molar-refractivity contribution in [3.63, 3.8) is 0 Å². The van der Waals surface area contributed by atoms with Crippen molar-refractivity contribution in [3.8, 4) is 0 Å². The van der Waals surface area contributed by atoms with Crippen LogP contribution in [0.3, 0.4) is 0 Å². The number of hydrogen-bond donors (Lipinski definition) is 1. The van der Waals surface area contributed by atoms with Crippen LogP contribution in [0, 0.1) is 6.92 Å². The van der Waals surface area contributed by atoms with Gasteiger partial charge in [0.15, 0.2) is 0 Å². The third kappa shape index (κ3) is 3.71. The van der Waals surface area contributed by atoms with Crippen LogP contribution in [0.25, 0.3) is 0 Å². The summed E-state index contributed by atoms with van der Waals surface area (Å²) in [5.41, 5.74) is 3.71. The van der Waals surface area contributed by atoms with Crippen LogP contribution in [0.15, 0.2) is 11.6 Å². The molecule has 114 valence electrons. The first-order chi connectivity index (χ1) is 9.91. The normalized spacial score (nSPS) is 15.6. The second-order valence-corrected chi connectivity index (χ2v) is 7.91. The van der Waals surface area contributed by atoms with Gasteiger partial charge in [-0.3, -0.25) is 4.68 Å². The van der Waals surface area contributed by atoms with E-state index < -0.39 is 0 Å². The highest BCUT2D eigenvalue weighted by molar-refractivity contribution is 7.09. The van der Waals surface area contributed by atoms with Crippen molar-refractivity contribution >= 4 is 11.3 Å². The molecule has 0 radical (unpaired) electrons. The van der Waals surface area contributed by atoms with Gasteiger partial charge in [0, 0.05) is 35.1 Å². The summed E-state index contributed by atoms with van der Waals surface area (Å²) in [5, 5.41) is 11.5.